The van der Waals surface area contributed by atoms with Gasteiger partial charge in [0.2, 0.25) is 11.8 Å². The zero-order chi connectivity index (χ0) is 29.7. The van der Waals surface area contributed by atoms with Gasteiger partial charge in [-0.25, -0.2) is 9.37 Å². The number of aromatic nitrogens is 1. The number of nitrogens with zero attached hydrogens (tertiary/aromatic N) is 2. The van der Waals surface area contributed by atoms with Gasteiger partial charge in [-0.2, -0.15) is 0 Å². The number of hydrogen-bond donors (Lipinski definition) is 1. The number of amides is 2. The minimum atomic E-state index is -0.915. The first-order valence-electron chi connectivity index (χ1n) is 14.5. The molecule has 1 saturated carbocycles. The van der Waals surface area contributed by atoms with Crippen LogP contribution in [0, 0.1) is 17.7 Å². The predicted octanol–water partition coefficient (Wildman–Crippen LogP) is 5.28. The summed E-state index contributed by atoms with van der Waals surface area (Å²) in [5, 5.41) is 2.90. The molecule has 1 aromatic heterocycles. The van der Waals surface area contributed by atoms with E-state index in [4.69, 9.17) is 9.47 Å². The average Bonchev–Trinajstić information content (AvgIpc) is 3.17. The monoisotopic (exact) mass is 565 g/mol. The SMILES string of the molecule is COc1ccc2c(n1)CCN(C(=O)C1CC(CC(=O)OC(C)(C)C)C1)[C@H]2C(=O)Nc1cc(F)c2c(c1)CCC2(C)C. The summed E-state index contributed by atoms with van der Waals surface area (Å²) in [6, 6.07) is 5.77. The third-order valence-corrected chi connectivity index (χ3v) is 8.52. The number of rotatable bonds is 6. The number of benzene rings is 1. The lowest BCUT2D eigenvalue weighted by Crippen LogP contribution is -2.50. The number of carbonyl (C=O) groups excluding carboxylic acids is 3. The summed E-state index contributed by atoms with van der Waals surface area (Å²) >= 11 is 0. The van der Waals surface area contributed by atoms with E-state index in [9.17, 15) is 14.4 Å². The van der Waals surface area contributed by atoms with E-state index in [0.717, 1.165) is 18.4 Å². The van der Waals surface area contributed by atoms with Gasteiger partial charge in [0.15, 0.2) is 0 Å². The van der Waals surface area contributed by atoms with Gasteiger partial charge in [-0.05, 0) is 87.1 Å². The molecule has 0 spiro atoms. The highest BCUT2D eigenvalue weighted by Gasteiger charge is 2.44. The Balaban J connectivity index is 1.35. The molecule has 9 heteroatoms. The van der Waals surface area contributed by atoms with Crippen molar-refractivity contribution in [2.75, 3.05) is 19.0 Å². The molecule has 2 amide bonds. The van der Waals surface area contributed by atoms with Gasteiger partial charge in [0.1, 0.15) is 17.5 Å². The van der Waals surface area contributed by atoms with Crippen molar-refractivity contribution in [2.24, 2.45) is 11.8 Å². The average molecular weight is 566 g/mol. The van der Waals surface area contributed by atoms with Crippen molar-refractivity contribution in [1.29, 1.82) is 0 Å². The first kappa shape index (κ1) is 29.0. The Morgan fingerprint density at radius 1 is 1.15 bits per heavy atom. The highest BCUT2D eigenvalue weighted by atomic mass is 19.1. The van der Waals surface area contributed by atoms with Crippen LogP contribution in [0.3, 0.4) is 0 Å². The number of aryl methyl sites for hydroxylation is 1. The number of esters is 1. The zero-order valence-corrected chi connectivity index (χ0v) is 24.8. The molecule has 1 aromatic carbocycles. The van der Waals surface area contributed by atoms with Crippen molar-refractivity contribution in [1.82, 2.24) is 9.88 Å². The molecular weight excluding hydrogens is 525 g/mol. The van der Waals surface area contributed by atoms with Crippen molar-refractivity contribution in [3.8, 4) is 5.88 Å². The molecule has 2 aromatic rings. The van der Waals surface area contributed by atoms with Gasteiger partial charge >= 0.3 is 5.97 Å². The Labute approximate surface area is 241 Å². The Morgan fingerprint density at radius 2 is 1.88 bits per heavy atom. The lowest BCUT2D eigenvalue weighted by Gasteiger charge is -2.42. The number of anilines is 1. The second-order valence-electron chi connectivity index (χ2n) is 13.3. The van der Waals surface area contributed by atoms with E-state index in [1.165, 1.54) is 13.2 Å². The fraction of sp³-hybridized carbons (Fsp3) is 0.562. The molecule has 220 valence electrons. The Morgan fingerprint density at radius 3 is 2.56 bits per heavy atom. The van der Waals surface area contributed by atoms with Crippen molar-refractivity contribution in [2.45, 2.75) is 90.2 Å². The van der Waals surface area contributed by atoms with E-state index in [1.807, 2.05) is 40.7 Å². The van der Waals surface area contributed by atoms with E-state index in [2.05, 4.69) is 10.3 Å². The minimum Gasteiger partial charge on any atom is -0.481 e. The van der Waals surface area contributed by atoms with Crippen LogP contribution in [0.2, 0.25) is 0 Å². The van der Waals surface area contributed by atoms with Gasteiger partial charge in [0.05, 0.1) is 12.8 Å². The number of nitrogens with one attached hydrogen (secondary N) is 1. The number of halogens is 1. The number of hydrogen-bond acceptors (Lipinski definition) is 6. The second kappa shape index (κ2) is 10.7. The van der Waals surface area contributed by atoms with Crippen LogP contribution in [0.4, 0.5) is 10.1 Å². The van der Waals surface area contributed by atoms with Crippen LogP contribution in [-0.2, 0) is 37.4 Å². The Bertz CT molecular complexity index is 1380. The van der Waals surface area contributed by atoms with Gasteiger partial charge in [0.25, 0.3) is 5.91 Å². The third-order valence-electron chi connectivity index (χ3n) is 8.52. The number of fused-ring (bicyclic) bond motifs is 2. The van der Waals surface area contributed by atoms with Crippen molar-refractivity contribution in [3.05, 3.63) is 52.5 Å². The standard InChI is InChI=1S/C32H40FN3O5/c1-31(2,3)41-26(37)15-18-13-20(14-18)30(39)36-12-10-24-22(7-8-25(35-24)40-6)28(36)29(38)34-21-16-19-9-11-32(4,5)27(19)23(33)17-21/h7-8,16-18,20,28H,9-15H2,1-6H3,(H,34,38)/t18?,20?,28-/m1/s1. The van der Waals surface area contributed by atoms with Crippen LogP contribution < -0.4 is 10.1 Å². The first-order chi connectivity index (χ1) is 19.3. The molecule has 0 unspecified atom stereocenters. The van der Waals surface area contributed by atoms with Crippen LogP contribution in [0.15, 0.2) is 24.3 Å². The van der Waals surface area contributed by atoms with Gasteiger partial charge in [-0.3, -0.25) is 14.4 Å². The maximum Gasteiger partial charge on any atom is 0.306 e. The molecule has 3 aliphatic rings. The quantitative estimate of drug-likeness (QED) is 0.479. The Hall–Kier alpha value is -3.49. The molecule has 0 bridgehead atoms. The van der Waals surface area contributed by atoms with Crippen molar-refractivity contribution < 1.29 is 28.2 Å². The highest BCUT2D eigenvalue weighted by Crippen LogP contribution is 2.43. The van der Waals surface area contributed by atoms with Crippen LogP contribution in [-0.4, -0.2) is 46.9 Å². The van der Waals surface area contributed by atoms with Gasteiger partial charge < -0.3 is 19.7 Å². The molecule has 1 atom stereocenters. The predicted molar refractivity (Wildman–Crippen MR) is 152 cm³/mol. The molecule has 5 rings (SSSR count). The molecular formula is C32H40FN3O5. The molecule has 2 aliphatic carbocycles. The molecule has 1 N–H and O–H groups in total. The number of carbonyl (C=O) groups is 3. The summed E-state index contributed by atoms with van der Waals surface area (Å²) in [5.74, 6) is -0.869. The summed E-state index contributed by atoms with van der Waals surface area (Å²) < 4.78 is 25.9. The van der Waals surface area contributed by atoms with Crippen LogP contribution in [0.5, 0.6) is 5.88 Å². The maximum atomic E-state index is 15.2. The fourth-order valence-electron chi connectivity index (χ4n) is 6.53. The molecule has 8 nitrogen and oxygen atoms in total. The number of ether oxygens (including phenoxy) is 2. The van der Waals surface area contributed by atoms with Crippen LogP contribution >= 0.6 is 0 Å². The van der Waals surface area contributed by atoms with Gasteiger partial charge in [-0.15, -0.1) is 0 Å². The van der Waals surface area contributed by atoms with Gasteiger partial charge in [0, 0.05) is 42.6 Å². The molecule has 0 radical (unpaired) electrons. The largest absolute Gasteiger partial charge is 0.481 e. The Kier molecular flexibility index (Phi) is 7.59. The van der Waals surface area contributed by atoms with Crippen molar-refractivity contribution in [3.63, 3.8) is 0 Å². The normalized spacial score (nSPS) is 22.7. The smallest absolute Gasteiger partial charge is 0.306 e. The number of methoxy groups -OCH3 is 1. The minimum absolute atomic E-state index is 0.0766. The van der Waals surface area contributed by atoms with E-state index >= 15 is 4.39 Å². The first-order valence-corrected chi connectivity index (χ1v) is 14.5. The lowest BCUT2D eigenvalue weighted by molar-refractivity contribution is -0.159. The van der Waals surface area contributed by atoms with E-state index in [0.29, 0.717) is 54.2 Å². The third kappa shape index (κ3) is 5.95. The van der Waals surface area contributed by atoms with Crippen LogP contribution in [0.25, 0.3) is 0 Å². The molecule has 1 aliphatic heterocycles. The number of pyridine rings is 1. The molecule has 2 heterocycles. The summed E-state index contributed by atoms with van der Waals surface area (Å²) in [7, 11) is 1.53. The van der Waals surface area contributed by atoms with E-state index < -0.39 is 17.6 Å². The topological polar surface area (TPSA) is 97.8 Å². The maximum absolute atomic E-state index is 15.2. The molecule has 41 heavy (non-hydrogen) atoms. The van der Waals surface area contributed by atoms with Crippen molar-refractivity contribution >= 4 is 23.5 Å². The second-order valence-corrected chi connectivity index (χ2v) is 13.3. The van der Waals surface area contributed by atoms with E-state index in [-0.39, 0.29) is 41.4 Å². The fourth-order valence-corrected chi connectivity index (χ4v) is 6.53. The summed E-state index contributed by atoms with van der Waals surface area (Å²) in [5.41, 5.74) is 2.53. The highest BCUT2D eigenvalue weighted by molar-refractivity contribution is 5.99. The zero-order valence-electron chi connectivity index (χ0n) is 24.8. The molecule has 0 saturated heterocycles. The summed E-state index contributed by atoms with van der Waals surface area (Å²) in [6.45, 7) is 9.88. The summed E-state index contributed by atoms with van der Waals surface area (Å²) in [4.78, 5) is 46.0. The summed E-state index contributed by atoms with van der Waals surface area (Å²) in [6.07, 6.45) is 3.50. The van der Waals surface area contributed by atoms with Crippen LogP contribution in [0.1, 0.15) is 88.7 Å². The van der Waals surface area contributed by atoms with E-state index in [1.54, 1.807) is 17.0 Å². The van der Waals surface area contributed by atoms with Gasteiger partial charge in [-0.1, -0.05) is 13.8 Å². The lowest BCUT2D eigenvalue weighted by atomic mass is 9.72. The molecule has 1 fully saturated rings.